The van der Waals surface area contributed by atoms with Crippen LogP contribution in [0.5, 0.6) is 0 Å². The van der Waals surface area contributed by atoms with E-state index in [0.29, 0.717) is 0 Å². The summed E-state index contributed by atoms with van der Waals surface area (Å²) in [5.74, 6) is 0. The Morgan fingerprint density at radius 3 is 2.80 bits per heavy atom. The molecule has 4 nitrogen and oxygen atoms in total. The van der Waals surface area contributed by atoms with E-state index in [9.17, 15) is 0 Å². The summed E-state index contributed by atoms with van der Waals surface area (Å²) in [6, 6.07) is 8.49. The second-order valence-corrected chi connectivity index (χ2v) is 5.68. The number of hydrogen-bond acceptors (Lipinski definition) is 3. The molecular weight excluding hydrogens is 248 g/mol. The van der Waals surface area contributed by atoms with Crippen LogP contribution in [0.1, 0.15) is 5.56 Å². The van der Waals surface area contributed by atoms with Gasteiger partial charge in [-0.2, -0.15) is 0 Å². The molecule has 1 aromatic heterocycles. The van der Waals surface area contributed by atoms with Gasteiger partial charge in [0.2, 0.25) is 0 Å². The molecule has 0 unspecified atom stereocenters. The van der Waals surface area contributed by atoms with Crippen LogP contribution in [0.4, 0.5) is 0 Å². The average Bonchev–Trinajstić information content (AvgIpc) is 2.89. The quantitative estimate of drug-likeness (QED) is 0.810. The van der Waals surface area contributed by atoms with Gasteiger partial charge >= 0.3 is 0 Å². The molecule has 20 heavy (non-hydrogen) atoms. The Labute approximate surface area is 120 Å². The summed E-state index contributed by atoms with van der Waals surface area (Å²) >= 11 is 0. The van der Waals surface area contributed by atoms with Crippen LogP contribution in [-0.2, 0) is 6.54 Å². The third-order valence-corrected chi connectivity index (χ3v) is 4.19. The minimum atomic E-state index is 0.942. The Morgan fingerprint density at radius 2 is 1.95 bits per heavy atom. The molecule has 3 rings (SSSR count). The molecule has 0 bridgehead atoms. The van der Waals surface area contributed by atoms with Gasteiger partial charge in [0.25, 0.3) is 0 Å². The standard InChI is InChI=1S/C16H24N4/c1-19-8-10-20(11-9-19)7-6-17-12-14-13-18-16-5-3-2-4-15(14)16/h2-5,13,17-18H,6-12H2,1H3. The van der Waals surface area contributed by atoms with Crippen LogP contribution in [0.2, 0.25) is 0 Å². The SMILES string of the molecule is CN1CCN(CCNCc2c[nH]c3ccccc23)CC1. The average molecular weight is 272 g/mol. The van der Waals surface area contributed by atoms with Crippen molar-refractivity contribution >= 4 is 10.9 Å². The van der Waals surface area contributed by atoms with Gasteiger partial charge in [-0.3, -0.25) is 4.90 Å². The van der Waals surface area contributed by atoms with Crippen molar-refractivity contribution in [2.24, 2.45) is 0 Å². The summed E-state index contributed by atoms with van der Waals surface area (Å²) < 4.78 is 0. The molecule has 0 spiro atoms. The highest BCUT2D eigenvalue weighted by atomic mass is 15.2. The lowest BCUT2D eigenvalue weighted by molar-refractivity contribution is 0.154. The Kier molecular flexibility index (Phi) is 4.35. The van der Waals surface area contributed by atoms with Crippen molar-refractivity contribution in [3.63, 3.8) is 0 Å². The largest absolute Gasteiger partial charge is 0.361 e. The zero-order chi connectivity index (χ0) is 13.8. The molecule has 1 aliphatic rings. The zero-order valence-electron chi connectivity index (χ0n) is 12.2. The van der Waals surface area contributed by atoms with Gasteiger partial charge < -0.3 is 15.2 Å². The third kappa shape index (κ3) is 3.20. The maximum atomic E-state index is 3.56. The Bertz CT molecular complexity index is 540. The molecule has 1 saturated heterocycles. The molecule has 2 heterocycles. The second kappa shape index (κ2) is 6.39. The molecule has 4 heteroatoms. The second-order valence-electron chi connectivity index (χ2n) is 5.68. The topological polar surface area (TPSA) is 34.3 Å². The Balaban J connectivity index is 1.44. The predicted octanol–water partition coefficient (Wildman–Crippen LogP) is 1.50. The summed E-state index contributed by atoms with van der Waals surface area (Å²) in [5.41, 5.74) is 2.59. The van der Waals surface area contributed by atoms with E-state index < -0.39 is 0 Å². The van der Waals surface area contributed by atoms with Crippen molar-refractivity contribution in [3.05, 3.63) is 36.0 Å². The van der Waals surface area contributed by atoms with E-state index in [2.05, 4.69) is 57.6 Å². The number of nitrogens with zero attached hydrogens (tertiary/aromatic N) is 2. The number of nitrogens with one attached hydrogen (secondary N) is 2. The molecule has 0 amide bonds. The molecular formula is C16H24N4. The van der Waals surface area contributed by atoms with Crippen molar-refractivity contribution in [2.45, 2.75) is 6.54 Å². The van der Waals surface area contributed by atoms with Crippen molar-refractivity contribution in [2.75, 3.05) is 46.3 Å². The van der Waals surface area contributed by atoms with E-state index >= 15 is 0 Å². The van der Waals surface area contributed by atoms with E-state index in [4.69, 9.17) is 0 Å². The first-order valence-electron chi connectivity index (χ1n) is 7.49. The molecule has 1 aliphatic heterocycles. The van der Waals surface area contributed by atoms with Gasteiger partial charge in [0, 0.05) is 62.9 Å². The third-order valence-electron chi connectivity index (χ3n) is 4.19. The Morgan fingerprint density at radius 1 is 1.15 bits per heavy atom. The van der Waals surface area contributed by atoms with Crippen molar-refractivity contribution in [3.8, 4) is 0 Å². The van der Waals surface area contributed by atoms with Crippen LogP contribution in [0, 0.1) is 0 Å². The summed E-state index contributed by atoms with van der Waals surface area (Å²) in [6.07, 6.45) is 2.12. The smallest absolute Gasteiger partial charge is 0.0457 e. The molecule has 0 saturated carbocycles. The molecule has 0 aliphatic carbocycles. The molecule has 1 fully saturated rings. The van der Waals surface area contributed by atoms with Crippen LogP contribution in [0.15, 0.2) is 30.5 Å². The number of aromatic nitrogens is 1. The van der Waals surface area contributed by atoms with Gasteiger partial charge in [0.1, 0.15) is 0 Å². The molecule has 2 aromatic rings. The number of H-pyrrole nitrogens is 1. The molecule has 0 radical (unpaired) electrons. The highest BCUT2D eigenvalue weighted by molar-refractivity contribution is 5.82. The minimum absolute atomic E-state index is 0.942. The first kappa shape index (κ1) is 13.6. The van der Waals surface area contributed by atoms with Crippen LogP contribution in [0.3, 0.4) is 0 Å². The summed E-state index contributed by atoms with van der Waals surface area (Å²) in [5, 5.41) is 4.90. The fraction of sp³-hybridized carbons (Fsp3) is 0.500. The number of piperazine rings is 1. The molecule has 0 atom stereocenters. The van der Waals surface area contributed by atoms with E-state index in [0.717, 1.165) is 19.6 Å². The number of likely N-dealkylation sites (N-methyl/N-ethyl adjacent to an activating group) is 1. The van der Waals surface area contributed by atoms with Crippen molar-refractivity contribution in [1.82, 2.24) is 20.1 Å². The Hall–Kier alpha value is -1.36. The van der Waals surface area contributed by atoms with Gasteiger partial charge in [-0.15, -0.1) is 0 Å². The van der Waals surface area contributed by atoms with Gasteiger partial charge in [-0.1, -0.05) is 18.2 Å². The number of benzene rings is 1. The van der Waals surface area contributed by atoms with Crippen LogP contribution < -0.4 is 5.32 Å². The molecule has 108 valence electrons. The number of hydrogen-bond donors (Lipinski definition) is 2. The van der Waals surface area contributed by atoms with Crippen LogP contribution in [0.25, 0.3) is 10.9 Å². The lowest BCUT2D eigenvalue weighted by atomic mass is 10.2. The summed E-state index contributed by atoms with van der Waals surface area (Å²) in [7, 11) is 2.20. The van der Waals surface area contributed by atoms with Crippen LogP contribution in [-0.4, -0.2) is 61.1 Å². The first-order valence-corrected chi connectivity index (χ1v) is 7.49. The van der Waals surface area contributed by atoms with Crippen molar-refractivity contribution < 1.29 is 0 Å². The normalized spacial score (nSPS) is 17.9. The maximum absolute atomic E-state index is 3.56. The molecule has 2 N–H and O–H groups in total. The maximum Gasteiger partial charge on any atom is 0.0457 e. The number of rotatable bonds is 5. The van der Waals surface area contributed by atoms with E-state index in [1.165, 1.54) is 42.6 Å². The van der Waals surface area contributed by atoms with Gasteiger partial charge in [-0.25, -0.2) is 0 Å². The van der Waals surface area contributed by atoms with Gasteiger partial charge in [0.15, 0.2) is 0 Å². The number of aromatic amines is 1. The van der Waals surface area contributed by atoms with E-state index in [1.807, 2.05) is 0 Å². The first-order chi connectivity index (χ1) is 9.83. The number of fused-ring (bicyclic) bond motifs is 1. The zero-order valence-corrected chi connectivity index (χ0v) is 12.2. The van der Waals surface area contributed by atoms with E-state index in [1.54, 1.807) is 0 Å². The van der Waals surface area contributed by atoms with Crippen LogP contribution >= 0.6 is 0 Å². The van der Waals surface area contributed by atoms with Crippen molar-refractivity contribution in [1.29, 1.82) is 0 Å². The van der Waals surface area contributed by atoms with Gasteiger partial charge in [-0.05, 0) is 18.7 Å². The molecule has 1 aromatic carbocycles. The lowest BCUT2D eigenvalue weighted by Crippen LogP contribution is -2.46. The summed E-state index contributed by atoms with van der Waals surface area (Å²) in [4.78, 5) is 8.27. The fourth-order valence-corrected chi connectivity index (χ4v) is 2.81. The minimum Gasteiger partial charge on any atom is -0.361 e. The fourth-order valence-electron chi connectivity index (χ4n) is 2.81. The highest BCUT2D eigenvalue weighted by Gasteiger charge is 2.12. The predicted molar refractivity (Wildman–Crippen MR) is 83.9 cm³/mol. The summed E-state index contributed by atoms with van der Waals surface area (Å²) in [6.45, 7) is 7.94. The van der Waals surface area contributed by atoms with Gasteiger partial charge in [0.05, 0.1) is 0 Å². The number of para-hydroxylation sites is 1. The monoisotopic (exact) mass is 272 g/mol. The van der Waals surface area contributed by atoms with E-state index in [-0.39, 0.29) is 0 Å². The highest BCUT2D eigenvalue weighted by Crippen LogP contribution is 2.17. The lowest BCUT2D eigenvalue weighted by Gasteiger charge is -2.32.